The molecule has 0 aliphatic carbocycles. The number of carbonyl (C=O) groups is 1. The van der Waals surface area contributed by atoms with Crippen LogP contribution in [0.4, 0.5) is 5.69 Å². The van der Waals surface area contributed by atoms with E-state index >= 15 is 0 Å². The predicted octanol–water partition coefficient (Wildman–Crippen LogP) is 4.00. The Morgan fingerprint density at radius 1 is 1.12 bits per heavy atom. The third-order valence-electron chi connectivity index (χ3n) is 4.75. The van der Waals surface area contributed by atoms with E-state index in [1.54, 1.807) is 0 Å². The van der Waals surface area contributed by atoms with Crippen molar-refractivity contribution in [2.24, 2.45) is 0 Å². The molecule has 0 bridgehead atoms. The normalized spacial score (nSPS) is 13.9. The van der Waals surface area contributed by atoms with E-state index in [1.165, 1.54) is 0 Å². The Morgan fingerprint density at radius 2 is 1.85 bits per heavy atom. The molecular formula is C21H26N2O3. The zero-order valence-corrected chi connectivity index (χ0v) is 15.8. The van der Waals surface area contributed by atoms with Gasteiger partial charge in [0.05, 0.1) is 6.04 Å². The molecule has 2 aromatic carbocycles. The fraction of sp³-hybridized carbons (Fsp3) is 0.381. The van der Waals surface area contributed by atoms with Gasteiger partial charge in [-0.3, -0.25) is 9.69 Å². The summed E-state index contributed by atoms with van der Waals surface area (Å²) in [5.74, 6) is 1.88. The van der Waals surface area contributed by atoms with Crippen LogP contribution in [0.1, 0.15) is 37.8 Å². The fourth-order valence-corrected chi connectivity index (χ4v) is 3.02. The lowest BCUT2D eigenvalue weighted by atomic mass is 10.0. The molecule has 26 heavy (non-hydrogen) atoms. The second kappa shape index (κ2) is 7.79. The largest absolute Gasteiger partial charge is 0.454 e. The third kappa shape index (κ3) is 3.99. The number of hydrogen-bond acceptors (Lipinski definition) is 4. The summed E-state index contributed by atoms with van der Waals surface area (Å²) in [6, 6.07) is 13.6. The first-order valence-electron chi connectivity index (χ1n) is 8.94. The van der Waals surface area contributed by atoms with Crippen molar-refractivity contribution in [3.63, 3.8) is 0 Å². The summed E-state index contributed by atoms with van der Waals surface area (Å²) in [4.78, 5) is 14.7. The second-order valence-corrected chi connectivity index (χ2v) is 7.01. The maximum Gasteiger partial charge on any atom is 0.241 e. The van der Waals surface area contributed by atoms with Crippen LogP contribution < -0.4 is 14.8 Å². The molecule has 5 heteroatoms. The number of nitrogens with one attached hydrogen (secondary N) is 1. The summed E-state index contributed by atoms with van der Waals surface area (Å²) in [5, 5.41) is 3.07. The number of nitrogens with zero attached hydrogens (tertiary/aromatic N) is 1. The number of ether oxygens (including phenoxy) is 2. The number of hydrogen-bond donors (Lipinski definition) is 1. The van der Waals surface area contributed by atoms with Gasteiger partial charge in [0.2, 0.25) is 12.7 Å². The van der Waals surface area contributed by atoms with Gasteiger partial charge in [-0.25, -0.2) is 0 Å². The predicted molar refractivity (Wildman–Crippen MR) is 103 cm³/mol. The van der Waals surface area contributed by atoms with E-state index in [2.05, 4.69) is 25.2 Å². The highest BCUT2D eigenvalue weighted by Gasteiger charge is 2.21. The van der Waals surface area contributed by atoms with Crippen LogP contribution in [0, 0.1) is 0 Å². The van der Waals surface area contributed by atoms with Gasteiger partial charge in [-0.05, 0) is 49.2 Å². The van der Waals surface area contributed by atoms with Crippen LogP contribution >= 0.6 is 0 Å². The molecule has 0 saturated heterocycles. The number of rotatable bonds is 6. The SMILES string of the molecule is CC(C)c1ccccc1NC(=O)[C@@H](C)N(C)Cc1ccc2c(c1)OCO2. The third-order valence-corrected chi connectivity index (χ3v) is 4.75. The molecular weight excluding hydrogens is 328 g/mol. The first-order valence-corrected chi connectivity index (χ1v) is 8.94. The van der Waals surface area contributed by atoms with E-state index in [0.29, 0.717) is 12.5 Å². The summed E-state index contributed by atoms with van der Waals surface area (Å²) in [7, 11) is 1.95. The van der Waals surface area contributed by atoms with E-state index in [-0.39, 0.29) is 18.7 Å². The van der Waals surface area contributed by atoms with Crippen molar-refractivity contribution in [2.45, 2.75) is 39.3 Å². The average Bonchev–Trinajstić information content (AvgIpc) is 3.09. The number of fused-ring (bicyclic) bond motifs is 1. The van der Waals surface area contributed by atoms with Crippen molar-refractivity contribution in [3.8, 4) is 11.5 Å². The van der Waals surface area contributed by atoms with Gasteiger partial charge in [0.15, 0.2) is 11.5 Å². The van der Waals surface area contributed by atoms with E-state index < -0.39 is 0 Å². The number of likely N-dealkylation sites (N-methyl/N-ethyl adjacent to an activating group) is 1. The van der Waals surface area contributed by atoms with Gasteiger partial charge in [0.1, 0.15) is 0 Å². The number of carbonyl (C=O) groups excluding carboxylic acids is 1. The lowest BCUT2D eigenvalue weighted by Gasteiger charge is -2.25. The zero-order chi connectivity index (χ0) is 18.7. The molecule has 1 atom stereocenters. The second-order valence-electron chi connectivity index (χ2n) is 7.01. The molecule has 0 unspecified atom stereocenters. The van der Waals surface area contributed by atoms with Gasteiger partial charge in [0.25, 0.3) is 0 Å². The molecule has 1 aliphatic rings. The lowest BCUT2D eigenvalue weighted by Crippen LogP contribution is -2.39. The zero-order valence-electron chi connectivity index (χ0n) is 15.8. The summed E-state index contributed by atoms with van der Waals surface area (Å²) in [6.45, 7) is 7.08. The van der Waals surface area contributed by atoms with Gasteiger partial charge >= 0.3 is 0 Å². The van der Waals surface area contributed by atoms with Crippen molar-refractivity contribution < 1.29 is 14.3 Å². The van der Waals surface area contributed by atoms with Crippen LogP contribution in [0.5, 0.6) is 11.5 Å². The molecule has 1 N–H and O–H groups in total. The van der Waals surface area contributed by atoms with Crippen molar-refractivity contribution in [2.75, 3.05) is 19.2 Å². The number of amides is 1. The van der Waals surface area contributed by atoms with E-state index in [0.717, 1.165) is 28.3 Å². The molecule has 1 aliphatic heterocycles. The van der Waals surface area contributed by atoms with Crippen LogP contribution in [0.2, 0.25) is 0 Å². The van der Waals surface area contributed by atoms with Crippen molar-refractivity contribution in [3.05, 3.63) is 53.6 Å². The van der Waals surface area contributed by atoms with Gasteiger partial charge in [0, 0.05) is 12.2 Å². The first kappa shape index (κ1) is 18.3. The molecule has 0 saturated carbocycles. The fourth-order valence-electron chi connectivity index (χ4n) is 3.02. The molecule has 138 valence electrons. The van der Waals surface area contributed by atoms with E-state index in [9.17, 15) is 4.79 Å². The van der Waals surface area contributed by atoms with Gasteiger partial charge in [-0.1, -0.05) is 38.1 Å². The Morgan fingerprint density at radius 3 is 2.62 bits per heavy atom. The molecule has 1 heterocycles. The molecule has 1 amide bonds. The summed E-state index contributed by atoms with van der Waals surface area (Å²) >= 11 is 0. The molecule has 3 rings (SSSR count). The van der Waals surface area contributed by atoms with Crippen LogP contribution in [0.3, 0.4) is 0 Å². The number of para-hydroxylation sites is 1. The Kier molecular flexibility index (Phi) is 5.47. The van der Waals surface area contributed by atoms with Gasteiger partial charge in [-0.2, -0.15) is 0 Å². The summed E-state index contributed by atoms with van der Waals surface area (Å²) in [5.41, 5.74) is 3.11. The molecule has 0 radical (unpaired) electrons. The van der Waals surface area contributed by atoms with Gasteiger partial charge in [-0.15, -0.1) is 0 Å². The molecule has 0 aromatic heterocycles. The Bertz CT molecular complexity index is 789. The smallest absolute Gasteiger partial charge is 0.241 e. The Labute approximate surface area is 154 Å². The molecule has 2 aromatic rings. The highest BCUT2D eigenvalue weighted by Crippen LogP contribution is 2.33. The minimum absolute atomic E-state index is 0.0126. The van der Waals surface area contributed by atoms with Crippen LogP contribution in [0.15, 0.2) is 42.5 Å². The summed E-state index contributed by atoms with van der Waals surface area (Å²) < 4.78 is 10.8. The topological polar surface area (TPSA) is 50.8 Å². The highest BCUT2D eigenvalue weighted by molar-refractivity contribution is 5.95. The number of benzene rings is 2. The van der Waals surface area contributed by atoms with Crippen molar-refractivity contribution in [1.82, 2.24) is 4.90 Å². The van der Waals surface area contributed by atoms with Crippen LogP contribution in [-0.2, 0) is 11.3 Å². The van der Waals surface area contributed by atoms with Crippen LogP contribution in [0.25, 0.3) is 0 Å². The average molecular weight is 354 g/mol. The highest BCUT2D eigenvalue weighted by atomic mass is 16.7. The minimum atomic E-state index is -0.263. The monoisotopic (exact) mass is 354 g/mol. The van der Waals surface area contributed by atoms with Gasteiger partial charge < -0.3 is 14.8 Å². The molecule has 0 fully saturated rings. The van der Waals surface area contributed by atoms with Crippen molar-refractivity contribution >= 4 is 11.6 Å². The Hall–Kier alpha value is -2.53. The maximum atomic E-state index is 12.7. The maximum absolute atomic E-state index is 12.7. The van der Waals surface area contributed by atoms with E-state index in [1.807, 2.05) is 55.3 Å². The Balaban J connectivity index is 1.65. The molecule has 0 spiro atoms. The molecule has 5 nitrogen and oxygen atoms in total. The van der Waals surface area contributed by atoms with Crippen LogP contribution in [-0.4, -0.2) is 30.7 Å². The minimum Gasteiger partial charge on any atom is -0.454 e. The lowest BCUT2D eigenvalue weighted by molar-refractivity contribution is -0.120. The number of anilines is 1. The first-order chi connectivity index (χ1) is 12.5. The van der Waals surface area contributed by atoms with E-state index in [4.69, 9.17) is 9.47 Å². The standard InChI is InChI=1S/C21H26N2O3/c1-14(2)17-7-5-6-8-18(17)22-21(24)15(3)23(4)12-16-9-10-19-20(11-16)26-13-25-19/h5-11,14-15H,12-13H2,1-4H3,(H,22,24)/t15-/m1/s1. The quantitative estimate of drug-likeness (QED) is 0.852. The van der Waals surface area contributed by atoms with Crippen molar-refractivity contribution in [1.29, 1.82) is 0 Å². The summed E-state index contributed by atoms with van der Waals surface area (Å²) in [6.07, 6.45) is 0.